The zero-order valence-corrected chi connectivity index (χ0v) is 14.1. The summed E-state index contributed by atoms with van der Waals surface area (Å²) in [5, 5.41) is 2.85. The predicted octanol–water partition coefficient (Wildman–Crippen LogP) is 3.16. The van der Waals surface area contributed by atoms with Gasteiger partial charge in [0.05, 0.1) is 18.7 Å². The molecule has 6 heteroatoms. The number of thioether (sulfide) groups is 1. The summed E-state index contributed by atoms with van der Waals surface area (Å²) in [6, 6.07) is 16.8. The van der Waals surface area contributed by atoms with Gasteiger partial charge < -0.3 is 10.1 Å². The van der Waals surface area contributed by atoms with Gasteiger partial charge in [0.2, 0.25) is 0 Å². The van der Waals surface area contributed by atoms with Crippen LogP contribution < -0.4 is 10.2 Å². The third-order valence-electron chi connectivity index (χ3n) is 3.78. The molecule has 1 saturated heterocycles. The van der Waals surface area contributed by atoms with Crippen molar-refractivity contribution in [2.24, 2.45) is 0 Å². The number of amides is 2. The molecule has 1 aliphatic rings. The van der Waals surface area contributed by atoms with Gasteiger partial charge in [-0.05, 0) is 30.5 Å². The molecule has 1 N–H and O–H groups in total. The van der Waals surface area contributed by atoms with Crippen LogP contribution >= 0.6 is 11.8 Å². The number of nitrogens with zero attached hydrogens (tertiary/aromatic N) is 1. The number of nitrogens with one attached hydrogen (secondary N) is 1. The van der Waals surface area contributed by atoms with Gasteiger partial charge in [-0.2, -0.15) is 0 Å². The number of carbonyl (C=O) groups is 2. The van der Waals surface area contributed by atoms with Crippen LogP contribution in [0.15, 0.2) is 59.5 Å². The minimum atomic E-state index is -0.384. The summed E-state index contributed by atoms with van der Waals surface area (Å²) in [5.41, 5.74) is 1.43. The Bertz CT molecular complexity index is 736. The van der Waals surface area contributed by atoms with Gasteiger partial charge in [-0.1, -0.05) is 30.3 Å². The lowest BCUT2D eigenvalue weighted by Gasteiger charge is -2.13. The van der Waals surface area contributed by atoms with E-state index in [1.165, 1.54) is 11.8 Å². The minimum Gasteiger partial charge on any atom is -0.442 e. The molecule has 1 aliphatic heterocycles. The summed E-state index contributed by atoms with van der Waals surface area (Å²) in [4.78, 5) is 26.8. The molecule has 1 fully saturated rings. The van der Waals surface area contributed by atoms with Gasteiger partial charge in [0.25, 0.3) is 5.91 Å². The summed E-state index contributed by atoms with van der Waals surface area (Å²) in [7, 11) is 0. The maximum Gasteiger partial charge on any atom is 0.414 e. The molecule has 24 heavy (non-hydrogen) atoms. The Kier molecular flexibility index (Phi) is 5.05. The fraction of sp³-hybridized carbons (Fsp3) is 0.222. The van der Waals surface area contributed by atoms with Crippen LogP contribution in [0, 0.1) is 0 Å². The van der Waals surface area contributed by atoms with Crippen LogP contribution in [0.1, 0.15) is 10.4 Å². The number of rotatable bonds is 5. The van der Waals surface area contributed by atoms with Gasteiger partial charge in [0, 0.05) is 10.6 Å². The number of benzene rings is 2. The van der Waals surface area contributed by atoms with Crippen molar-refractivity contribution in [1.29, 1.82) is 0 Å². The standard InChI is InChI=1S/C18H18N2O3S/c1-24-16-10-6-5-9-15(16)17(21)19-11-14-12-20(18(22)23-14)13-7-3-2-4-8-13/h2-10,14H,11-12H2,1H3,(H,19,21)/t14-/m0/s1. The van der Waals surface area contributed by atoms with Gasteiger partial charge in [-0.3, -0.25) is 9.69 Å². The second-order valence-electron chi connectivity index (χ2n) is 5.36. The van der Waals surface area contributed by atoms with E-state index < -0.39 is 0 Å². The third-order valence-corrected chi connectivity index (χ3v) is 4.58. The summed E-state index contributed by atoms with van der Waals surface area (Å²) in [6.07, 6.45) is 1.19. The van der Waals surface area contributed by atoms with E-state index in [-0.39, 0.29) is 24.6 Å². The van der Waals surface area contributed by atoms with Crippen LogP contribution in [0.4, 0.5) is 10.5 Å². The van der Waals surface area contributed by atoms with Crippen LogP contribution in [0.5, 0.6) is 0 Å². The zero-order chi connectivity index (χ0) is 16.9. The molecule has 0 spiro atoms. The van der Waals surface area contributed by atoms with E-state index in [1.807, 2.05) is 54.8 Å². The van der Waals surface area contributed by atoms with Gasteiger partial charge in [-0.25, -0.2) is 4.79 Å². The first-order valence-corrected chi connectivity index (χ1v) is 8.86. The van der Waals surface area contributed by atoms with Crippen LogP contribution in [0.2, 0.25) is 0 Å². The van der Waals surface area contributed by atoms with Crippen molar-refractivity contribution < 1.29 is 14.3 Å². The maximum atomic E-state index is 12.3. The lowest BCUT2D eigenvalue weighted by molar-refractivity contribution is 0.0913. The van der Waals surface area contributed by atoms with Crippen molar-refractivity contribution in [3.8, 4) is 0 Å². The van der Waals surface area contributed by atoms with Gasteiger partial charge in [0.15, 0.2) is 0 Å². The number of carbonyl (C=O) groups excluding carboxylic acids is 2. The average molecular weight is 342 g/mol. The van der Waals surface area contributed by atoms with Gasteiger partial charge >= 0.3 is 6.09 Å². The van der Waals surface area contributed by atoms with Gasteiger partial charge in [0.1, 0.15) is 6.10 Å². The Morgan fingerprint density at radius 1 is 1.21 bits per heavy atom. The fourth-order valence-corrected chi connectivity index (χ4v) is 3.18. The molecule has 2 amide bonds. The molecule has 0 aromatic heterocycles. The van der Waals surface area contributed by atoms with E-state index in [9.17, 15) is 9.59 Å². The summed E-state index contributed by atoms with van der Waals surface area (Å²) in [5.74, 6) is -0.158. The normalized spacial score (nSPS) is 16.8. The molecule has 124 valence electrons. The van der Waals surface area contributed by atoms with E-state index in [2.05, 4.69) is 5.32 Å². The monoisotopic (exact) mass is 342 g/mol. The van der Waals surface area contributed by atoms with Crippen molar-refractivity contribution in [2.75, 3.05) is 24.2 Å². The molecule has 2 aromatic carbocycles. The number of cyclic esters (lactones) is 1. The van der Waals surface area contributed by atoms with Crippen LogP contribution in [-0.4, -0.2) is 37.4 Å². The van der Waals surface area contributed by atoms with E-state index >= 15 is 0 Å². The van der Waals surface area contributed by atoms with Crippen molar-refractivity contribution in [2.45, 2.75) is 11.0 Å². The molecule has 0 aliphatic carbocycles. The van der Waals surface area contributed by atoms with Crippen molar-refractivity contribution in [3.63, 3.8) is 0 Å². The first kappa shape index (κ1) is 16.4. The fourth-order valence-electron chi connectivity index (χ4n) is 2.58. The summed E-state index contributed by atoms with van der Waals surface area (Å²) < 4.78 is 5.34. The smallest absolute Gasteiger partial charge is 0.414 e. The molecule has 5 nitrogen and oxygen atoms in total. The number of hydrogen-bond acceptors (Lipinski definition) is 4. The van der Waals surface area contributed by atoms with E-state index in [0.29, 0.717) is 12.1 Å². The molecule has 0 saturated carbocycles. The quantitative estimate of drug-likeness (QED) is 0.848. The third kappa shape index (κ3) is 3.54. The average Bonchev–Trinajstić information content (AvgIpc) is 3.01. The topological polar surface area (TPSA) is 58.6 Å². The van der Waals surface area contributed by atoms with Crippen LogP contribution in [0.3, 0.4) is 0 Å². The van der Waals surface area contributed by atoms with E-state index in [0.717, 1.165) is 10.6 Å². The Morgan fingerprint density at radius 3 is 2.67 bits per heavy atom. The number of hydrogen-bond donors (Lipinski definition) is 1. The van der Waals surface area contributed by atoms with Crippen LogP contribution in [-0.2, 0) is 4.74 Å². The summed E-state index contributed by atoms with van der Waals surface area (Å²) >= 11 is 1.53. The number of para-hydroxylation sites is 1. The zero-order valence-electron chi connectivity index (χ0n) is 13.3. The number of anilines is 1. The lowest BCUT2D eigenvalue weighted by Crippen LogP contribution is -2.34. The molecule has 0 unspecified atom stereocenters. The SMILES string of the molecule is CSc1ccccc1C(=O)NC[C@H]1CN(c2ccccc2)C(=O)O1. The Labute approximate surface area is 145 Å². The van der Waals surface area contributed by atoms with Gasteiger partial charge in [-0.15, -0.1) is 11.8 Å². The highest BCUT2D eigenvalue weighted by molar-refractivity contribution is 7.98. The van der Waals surface area contributed by atoms with Crippen molar-refractivity contribution in [3.05, 3.63) is 60.2 Å². The van der Waals surface area contributed by atoms with Crippen molar-refractivity contribution >= 4 is 29.4 Å². The Morgan fingerprint density at radius 2 is 1.92 bits per heavy atom. The van der Waals surface area contributed by atoms with Crippen molar-refractivity contribution in [1.82, 2.24) is 5.32 Å². The van der Waals surface area contributed by atoms with E-state index in [1.54, 1.807) is 11.0 Å². The summed E-state index contributed by atoms with van der Waals surface area (Å²) in [6.45, 7) is 0.712. The molecular formula is C18H18N2O3S. The molecular weight excluding hydrogens is 324 g/mol. The molecule has 1 heterocycles. The minimum absolute atomic E-state index is 0.158. The highest BCUT2D eigenvalue weighted by Crippen LogP contribution is 2.22. The molecule has 0 radical (unpaired) electrons. The van der Waals surface area contributed by atoms with Crippen LogP contribution in [0.25, 0.3) is 0 Å². The maximum absolute atomic E-state index is 12.3. The molecule has 3 rings (SSSR count). The second kappa shape index (κ2) is 7.40. The Balaban J connectivity index is 1.60. The Hall–Kier alpha value is -2.47. The highest BCUT2D eigenvalue weighted by Gasteiger charge is 2.32. The lowest BCUT2D eigenvalue weighted by atomic mass is 10.2. The molecule has 0 bridgehead atoms. The molecule has 2 aromatic rings. The largest absolute Gasteiger partial charge is 0.442 e. The number of ether oxygens (including phenoxy) is 1. The first-order valence-electron chi connectivity index (χ1n) is 7.63. The predicted molar refractivity (Wildman–Crippen MR) is 94.6 cm³/mol. The molecule has 1 atom stereocenters. The highest BCUT2D eigenvalue weighted by atomic mass is 32.2. The first-order chi connectivity index (χ1) is 11.7. The second-order valence-corrected chi connectivity index (χ2v) is 6.21. The van der Waals surface area contributed by atoms with E-state index in [4.69, 9.17) is 4.74 Å².